The van der Waals surface area contributed by atoms with Gasteiger partial charge in [0.1, 0.15) is 0 Å². The molecule has 4 unspecified atom stereocenters. The molecule has 1 amide bonds. The standard InChI is InChI=1S/C18H29N3O2/c1-12(2)17(19)18(23)21-16(14(4)22)10-15-11-20-9-7-5-6-8-13(15)3/h5-8,11-13,15-17H,9-10,19H2,1-4H3,(H,21,23). The van der Waals surface area contributed by atoms with Crippen molar-refractivity contribution >= 4 is 17.9 Å². The van der Waals surface area contributed by atoms with Crippen LogP contribution in [-0.2, 0) is 9.59 Å². The maximum atomic E-state index is 12.2. The molecule has 0 radical (unpaired) electrons. The second-order valence-corrected chi connectivity index (χ2v) is 6.53. The highest BCUT2D eigenvalue weighted by atomic mass is 16.2. The van der Waals surface area contributed by atoms with E-state index < -0.39 is 12.1 Å². The minimum absolute atomic E-state index is 0.0296. The van der Waals surface area contributed by atoms with Gasteiger partial charge in [-0.1, -0.05) is 45.1 Å². The van der Waals surface area contributed by atoms with Crippen LogP contribution in [0.1, 0.15) is 34.1 Å². The van der Waals surface area contributed by atoms with E-state index in [1.807, 2.05) is 38.3 Å². The molecule has 1 heterocycles. The molecule has 1 aliphatic rings. The molecule has 0 spiro atoms. The third-order valence-electron chi connectivity index (χ3n) is 4.18. The lowest BCUT2D eigenvalue weighted by atomic mass is 9.87. The summed E-state index contributed by atoms with van der Waals surface area (Å²) in [5.74, 6) is 0.0265. The van der Waals surface area contributed by atoms with Crippen molar-refractivity contribution in [3.63, 3.8) is 0 Å². The first-order valence-electron chi connectivity index (χ1n) is 8.22. The van der Waals surface area contributed by atoms with E-state index in [9.17, 15) is 9.59 Å². The van der Waals surface area contributed by atoms with E-state index in [1.165, 1.54) is 6.92 Å². The molecule has 1 aliphatic heterocycles. The van der Waals surface area contributed by atoms with Gasteiger partial charge in [-0.25, -0.2) is 0 Å². The van der Waals surface area contributed by atoms with Gasteiger partial charge in [0.2, 0.25) is 5.91 Å². The maximum Gasteiger partial charge on any atom is 0.237 e. The Kier molecular flexibility index (Phi) is 7.89. The van der Waals surface area contributed by atoms with E-state index in [0.717, 1.165) is 0 Å². The fourth-order valence-electron chi connectivity index (χ4n) is 2.36. The normalized spacial score (nSPS) is 23.7. The number of nitrogens with zero attached hydrogens (tertiary/aromatic N) is 1. The zero-order valence-corrected chi connectivity index (χ0v) is 14.5. The number of hydrogen-bond acceptors (Lipinski definition) is 4. The number of Topliss-reactive ketones (excluding diaryl/α,β-unsaturated/α-hetero) is 1. The van der Waals surface area contributed by atoms with Crippen LogP contribution in [0.4, 0.5) is 0 Å². The van der Waals surface area contributed by atoms with E-state index in [-0.39, 0.29) is 29.4 Å². The van der Waals surface area contributed by atoms with Gasteiger partial charge in [0.15, 0.2) is 5.78 Å². The molecule has 1 rings (SSSR count). The summed E-state index contributed by atoms with van der Waals surface area (Å²) in [6.07, 6.45) is 10.5. The van der Waals surface area contributed by atoms with Gasteiger partial charge in [0, 0.05) is 12.1 Å². The Balaban J connectivity index is 2.80. The highest BCUT2D eigenvalue weighted by molar-refractivity contribution is 5.90. The second-order valence-electron chi connectivity index (χ2n) is 6.53. The van der Waals surface area contributed by atoms with Gasteiger partial charge in [-0.3, -0.25) is 14.6 Å². The Morgan fingerprint density at radius 3 is 2.65 bits per heavy atom. The molecule has 3 N–H and O–H groups in total. The number of allylic oxidation sites excluding steroid dienone is 3. The van der Waals surface area contributed by atoms with Crippen molar-refractivity contribution in [2.45, 2.75) is 46.2 Å². The van der Waals surface area contributed by atoms with Gasteiger partial charge in [0.25, 0.3) is 0 Å². The Bertz CT molecular complexity index is 494. The summed E-state index contributed by atoms with van der Waals surface area (Å²) < 4.78 is 0. The predicted octanol–water partition coefficient (Wildman–Crippen LogP) is 1.88. The Morgan fingerprint density at radius 1 is 1.35 bits per heavy atom. The van der Waals surface area contributed by atoms with E-state index in [4.69, 9.17) is 5.73 Å². The third kappa shape index (κ3) is 6.48. The van der Waals surface area contributed by atoms with Gasteiger partial charge in [-0.05, 0) is 25.2 Å². The van der Waals surface area contributed by atoms with Crippen LogP contribution < -0.4 is 11.1 Å². The number of rotatable bonds is 6. The molecule has 0 aromatic heterocycles. The van der Waals surface area contributed by atoms with Crippen molar-refractivity contribution in [1.82, 2.24) is 5.32 Å². The van der Waals surface area contributed by atoms with E-state index in [0.29, 0.717) is 13.0 Å². The molecule has 0 saturated heterocycles. The smallest absolute Gasteiger partial charge is 0.237 e. The van der Waals surface area contributed by atoms with Gasteiger partial charge in [0.05, 0.1) is 18.6 Å². The monoisotopic (exact) mass is 319 g/mol. The number of carbonyl (C=O) groups is 2. The minimum atomic E-state index is -0.604. The minimum Gasteiger partial charge on any atom is -0.345 e. The van der Waals surface area contributed by atoms with Crippen LogP contribution in [0.5, 0.6) is 0 Å². The Morgan fingerprint density at radius 2 is 2.04 bits per heavy atom. The number of nitrogens with one attached hydrogen (secondary N) is 1. The lowest BCUT2D eigenvalue weighted by Gasteiger charge is -2.25. The van der Waals surface area contributed by atoms with E-state index in [1.54, 1.807) is 0 Å². The molecule has 0 aliphatic carbocycles. The quantitative estimate of drug-likeness (QED) is 0.784. The molecule has 23 heavy (non-hydrogen) atoms. The molecule has 5 heteroatoms. The van der Waals surface area contributed by atoms with E-state index >= 15 is 0 Å². The van der Waals surface area contributed by atoms with Crippen LogP contribution >= 0.6 is 0 Å². The van der Waals surface area contributed by atoms with Crippen LogP contribution in [0, 0.1) is 17.8 Å². The highest BCUT2D eigenvalue weighted by Crippen LogP contribution is 2.19. The maximum absolute atomic E-state index is 12.2. The van der Waals surface area contributed by atoms with Crippen molar-refractivity contribution in [2.75, 3.05) is 6.54 Å². The van der Waals surface area contributed by atoms with Crippen LogP contribution in [0.2, 0.25) is 0 Å². The first kappa shape index (κ1) is 19.3. The van der Waals surface area contributed by atoms with Crippen molar-refractivity contribution in [2.24, 2.45) is 28.5 Å². The third-order valence-corrected chi connectivity index (χ3v) is 4.18. The number of aliphatic imine (C=N–C) groups is 1. The molecular weight excluding hydrogens is 290 g/mol. The van der Waals surface area contributed by atoms with Crippen LogP contribution in [-0.4, -0.2) is 36.5 Å². The number of amides is 1. The zero-order chi connectivity index (χ0) is 17.4. The van der Waals surface area contributed by atoms with Gasteiger partial charge in [-0.2, -0.15) is 0 Å². The van der Waals surface area contributed by atoms with Crippen molar-refractivity contribution < 1.29 is 9.59 Å². The van der Waals surface area contributed by atoms with Gasteiger partial charge < -0.3 is 11.1 Å². The molecule has 0 aromatic carbocycles. The lowest BCUT2D eigenvalue weighted by molar-refractivity contribution is -0.128. The average Bonchev–Trinajstić information content (AvgIpc) is 2.58. The summed E-state index contributed by atoms with van der Waals surface area (Å²) in [6, 6.07) is -1.14. The fraction of sp³-hybridized carbons (Fsp3) is 0.611. The number of ketones is 1. The molecule has 0 aromatic rings. The number of nitrogens with two attached hydrogens (primary N) is 1. The molecule has 5 nitrogen and oxygen atoms in total. The molecule has 128 valence electrons. The summed E-state index contributed by atoms with van der Waals surface area (Å²) in [5, 5.41) is 2.80. The molecule has 0 fully saturated rings. The molecule has 0 bridgehead atoms. The summed E-state index contributed by atoms with van der Waals surface area (Å²) in [7, 11) is 0. The topological polar surface area (TPSA) is 84.5 Å². The Labute approximate surface area is 139 Å². The molecular formula is C18H29N3O2. The largest absolute Gasteiger partial charge is 0.345 e. The summed E-state index contributed by atoms with van der Waals surface area (Å²) >= 11 is 0. The van der Waals surface area contributed by atoms with Crippen LogP contribution in [0.15, 0.2) is 29.3 Å². The SMILES string of the molecule is CC(=O)C(CC1C=NCC=CC=CC1C)NC(=O)C(N)C(C)C. The first-order chi connectivity index (χ1) is 10.8. The van der Waals surface area contributed by atoms with Gasteiger partial charge >= 0.3 is 0 Å². The summed E-state index contributed by atoms with van der Waals surface area (Å²) in [4.78, 5) is 28.5. The van der Waals surface area contributed by atoms with E-state index in [2.05, 4.69) is 23.3 Å². The van der Waals surface area contributed by atoms with Crippen molar-refractivity contribution in [1.29, 1.82) is 0 Å². The fourth-order valence-corrected chi connectivity index (χ4v) is 2.36. The number of carbonyl (C=O) groups excluding carboxylic acids is 2. The zero-order valence-electron chi connectivity index (χ0n) is 14.5. The number of hydrogen-bond donors (Lipinski definition) is 2. The first-order valence-corrected chi connectivity index (χ1v) is 8.22. The lowest BCUT2D eigenvalue weighted by Crippen LogP contribution is -2.50. The van der Waals surface area contributed by atoms with Crippen LogP contribution in [0.25, 0.3) is 0 Å². The van der Waals surface area contributed by atoms with Gasteiger partial charge in [-0.15, -0.1) is 0 Å². The summed E-state index contributed by atoms with van der Waals surface area (Å²) in [5.41, 5.74) is 5.87. The molecule has 0 saturated carbocycles. The summed E-state index contributed by atoms with van der Waals surface area (Å²) in [6.45, 7) is 7.99. The molecule has 4 atom stereocenters. The highest BCUT2D eigenvalue weighted by Gasteiger charge is 2.26. The van der Waals surface area contributed by atoms with Crippen molar-refractivity contribution in [3.05, 3.63) is 24.3 Å². The predicted molar refractivity (Wildman–Crippen MR) is 94.3 cm³/mol. The Hall–Kier alpha value is -1.75. The van der Waals surface area contributed by atoms with Crippen molar-refractivity contribution in [3.8, 4) is 0 Å². The van der Waals surface area contributed by atoms with Crippen LogP contribution in [0.3, 0.4) is 0 Å². The average molecular weight is 319 g/mol. The second kappa shape index (κ2) is 9.40.